The zero-order valence-electron chi connectivity index (χ0n) is 17.0. The van der Waals surface area contributed by atoms with Crippen LogP contribution in [0.1, 0.15) is 17.0 Å². The van der Waals surface area contributed by atoms with Gasteiger partial charge in [0.25, 0.3) is 11.2 Å². The molecule has 0 bridgehead atoms. The van der Waals surface area contributed by atoms with Crippen molar-refractivity contribution < 1.29 is 9.66 Å². The number of hydrogen-bond acceptors (Lipinski definition) is 5. The van der Waals surface area contributed by atoms with Crippen molar-refractivity contribution in [1.29, 1.82) is 0 Å². The first-order valence-corrected chi connectivity index (χ1v) is 9.56. The molecule has 0 spiro atoms. The van der Waals surface area contributed by atoms with Gasteiger partial charge in [-0.15, -0.1) is 0 Å². The minimum Gasteiger partial charge on any atom is -0.497 e. The quantitative estimate of drug-likeness (QED) is 0.347. The Morgan fingerprint density at radius 2 is 1.81 bits per heavy atom. The Balaban J connectivity index is 1.91. The molecule has 1 heterocycles. The van der Waals surface area contributed by atoms with Crippen LogP contribution in [0.3, 0.4) is 0 Å². The maximum absolute atomic E-state index is 13.4. The van der Waals surface area contributed by atoms with Gasteiger partial charge in [-0.3, -0.25) is 19.5 Å². The number of rotatable bonds is 5. The van der Waals surface area contributed by atoms with Crippen LogP contribution >= 0.6 is 0 Å². The highest BCUT2D eigenvalue weighted by Crippen LogP contribution is 2.21. The molecule has 0 saturated carbocycles. The third kappa shape index (κ3) is 4.06. The number of benzene rings is 3. The topological polar surface area (TPSA) is 87.3 Å². The van der Waals surface area contributed by atoms with Gasteiger partial charge in [-0.25, -0.2) is 4.98 Å². The molecule has 7 heteroatoms. The lowest BCUT2D eigenvalue weighted by Gasteiger charge is -2.12. The molecule has 154 valence electrons. The van der Waals surface area contributed by atoms with Crippen molar-refractivity contribution in [3.63, 3.8) is 0 Å². The molecule has 7 nitrogen and oxygen atoms in total. The molecular weight excluding hydrogens is 394 g/mol. The Kier molecular flexibility index (Phi) is 5.32. The highest BCUT2D eigenvalue weighted by Gasteiger charge is 2.12. The second-order valence-corrected chi connectivity index (χ2v) is 7.01. The summed E-state index contributed by atoms with van der Waals surface area (Å²) >= 11 is 0. The molecule has 0 fully saturated rings. The summed E-state index contributed by atoms with van der Waals surface area (Å²) in [5, 5.41) is 11.5. The molecule has 1 aromatic heterocycles. The van der Waals surface area contributed by atoms with Gasteiger partial charge >= 0.3 is 0 Å². The number of nitrogens with zero attached hydrogens (tertiary/aromatic N) is 3. The first-order chi connectivity index (χ1) is 15.0. The number of methoxy groups -OCH3 is 1. The van der Waals surface area contributed by atoms with Crippen LogP contribution in [0.25, 0.3) is 28.7 Å². The Labute approximate surface area is 178 Å². The summed E-state index contributed by atoms with van der Waals surface area (Å²) in [7, 11) is 1.54. The molecule has 3 aromatic carbocycles. The zero-order chi connectivity index (χ0) is 22.0. The highest BCUT2D eigenvalue weighted by atomic mass is 16.6. The average molecular weight is 413 g/mol. The number of non-ortho nitro benzene ring substituents is 1. The van der Waals surface area contributed by atoms with E-state index in [1.165, 1.54) is 16.7 Å². The van der Waals surface area contributed by atoms with Crippen molar-refractivity contribution in [3.8, 4) is 11.4 Å². The van der Waals surface area contributed by atoms with Gasteiger partial charge in [0.1, 0.15) is 11.6 Å². The molecule has 0 radical (unpaired) electrons. The number of hydrogen-bond donors (Lipinski definition) is 0. The molecule has 31 heavy (non-hydrogen) atoms. The van der Waals surface area contributed by atoms with E-state index in [4.69, 9.17) is 4.74 Å². The lowest BCUT2D eigenvalue weighted by atomic mass is 10.1. The summed E-state index contributed by atoms with van der Waals surface area (Å²) in [4.78, 5) is 28.7. The summed E-state index contributed by atoms with van der Waals surface area (Å²) in [5.74, 6) is 0.986. The maximum atomic E-state index is 13.4. The lowest BCUT2D eigenvalue weighted by Crippen LogP contribution is -2.22. The number of fused-ring (bicyclic) bond motifs is 1. The van der Waals surface area contributed by atoms with Crippen molar-refractivity contribution in [3.05, 3.63) is 104 Å². The fraction of sp³-hybridized carbons (Fsp3) is 0.0833. The van der Waals surface area contributed by atoms with E-state index in [0.29, 0.717) is 33.7 Å². The van der Waals surface area contributed by atoms with Gasteiger partial charge in [0.05, 0.1) is 28.6 Å². The predicted octanol–water partition coefficient (Wildman–Crippen LogP) is 4.78. The van der Waals surface area contributed by atoms with Gasteiger partial charge < -0.3 is 4.74 Å². The molecule has 0 N–H and O–H groups in total. The minimum absolute atomic E-state index is 0.00311. The molecule has 0 amide bonds. The van der Waals surface area contributed by atoms with E-state index < -0.39 is 4.92 Å². The van der Waals surface area contributed by atoms with E-state index in [2.05, 4.69) is 4.98 Å². The fourth-order valence-electron chi connectivity index (χ4n) is 3.28. The van der Waals surface area contributed by atoms with Crippen molar-refractivity contribution in [2.45, 2.75) is 6.92 Å². The van der Waals surface area contributed by atoms with Crippen molar-refractivity contribution in [1.82, 2.24) is 9.55 Å². The van der Waals surface area contributed by atoms with Crippen molar-refractivity contribution in [2.24, 2.45) is 0 Å². The SMILES string of the molecule is COc1ccc2nc(/C=C/c3cccc([N+](=O)[O-])c3)n(-c3ccc(C)cc3)c(=O)c2c1. The van der Waals surface area contributed by atoms with E-state index in [0.717, 1.165) is 5.56 Å². The van der Waals surface area contributed by atoms with Gasteiger partial charge in [0, 0.05) is 12.1 Å². The van der Waals surface area contributed by atoms with Crippen LogP contribution in [0, 0.1) is 17.0 Å². The molecule has 4 aromatic rings. The number of aryl methyl sites for hydroxylation is 1. The Morgan fingerprint density at radius 3 is 2.52 bits per heavy atom. The third-order valence-electron chi connectivity index (χ3n) is 4.90. The van der Waals surface area contributed by atoms with Crippen LogP contribution in [-0.4, -0.2) is 21.6 Å². The maximum Gasteiger partial charge on any atom is 0.270 e. The van der Waals surface area contributed by atoms with Gasteiger partial charge in [-0.2, -0.15) is 0 Å². The number of nitro benzene ring substituents is 1. The second-order valence-electron chi connectivity index (χ2n) is 7.01. The Bertz CT molecular complexity index is 1370. The normalized spacial score (nSPS) is 11.2. The third-order valence-corrected chi connectivity index (χ3v) is 4.90. The largest absolute Gasteiger partial charge is 0.497 e. The van der Waals surface area contributed by atoms with Crippen LogP contribution in [0.5, 0.6) is 5.75 Å². The van der Waals surface area contributed by atoms with E-state index in [1.54, 1.807) is 49.6 Å². The zero-order valence-corrected chi connectivity index (χ0v) is 17.0. The molecular formula is C24H19N3O4. The highest BCUT2D eigenvalue weighted by molar-refractivity contribution is 5.81. The van der Waals surface area contributed by atoms with Crippen molar-refractivity contribution in [2.75, 3.05) is 7.11 Å². The number of nitro groups is 1. The summed E-state index contributed by atoms with van der Waals surface area (Å²) in [5.41, 5.74) is 2.68. The Hall–Kier alpha value is -4.26. The predicted molar refractivity (Wildman–Crippen MR) is 121 cm³/mol. The lowest BCUT2D eigenvalue weighted by molar-refractivity contribution is -0.384. The molecule has 0 aliphatic carbocycles. The summed E-state index contributed by atoms with van der Waals surface area (Å²) in [6, 6.07) is 19.0. The molecule has 0 saturated heterocycles. The Morgan fingerprint density at radius 1 is 1.03 bits per heavy atom. The molecule has 0 aliphatic heterocycles. The number of ether oxygens (including phenoxy) is 1. The van der Waals surface area contributed by atoms with E-state index in [1.807, 2.05) is 31.2 Å². The molecule has 0 aliphatic rings. The summed E-state index contributed by atoms with van der Waals surface area (Å²) in [6.07, 6.45) is 3.39. The molecule has 4 rings (SSSR count). The monoisotopic (exact) mass is 413 g/mol. The second kappa shape index (κ2) is 8.23. The van der Waals surface area contributed by atoms with Crippen LogP contribution in [0.2, 0.25) is 0 Å². The smallest absolute Gasteiger partial charge is 0.270 e. The summed E-state index contributed by atoms with van der Waals surface area (Å²) < 4.78 is 6.78. The molecule has 0 atom stereocenters. The standard InChI is InChI=1S/C24H19N3O4/c1-16-6-9-18(10-7-16)26-23(13-8-17-4-3-5-19(14-17)27(29)30)25-22-12-11-20(31-2)15-21(22)24(26)28/h3-15H,1-2H3/b13-8+. The number of aromatic nitrogens is 2. The minimum atomic E-state index is -0.443. The van der Waals surface area contributed by atoms with Crippen LogP contribution < -0.4 is 10.3 Å². The van der Waals surface area contributed by atoms with Gasteiger partial charge in [0.15, 0.2) is 0 Å². The first-order valence-electron chi connectivity index (χ1n) is 9.56. The van der Waals surface area contributed by atoms with Gasteiger partial charge in [0.2, 0.25) is 0 Å². The first kappa shape index (κ1) is 20.0. The van der Waals surface area contributed by atoms with Crippen LogP contribution in [0.15, 0.2) is 71.5 Å². The van der Waals surface area contributed by atoms with Crippen LogP contribution in [0.4, 0.5) is 5.69 Å². The average Bonchev–Trinajstić information content (AvgIpc) is 2.78. The molecule has 0 unspecified atom stereocenters. The summed E-state index contributed by atoms with van der Waals surface area (Å²) in [6.45, 7) is 1.97. The van der Waals surface area contributed by atoms with Crippen LogP contribution in [-0.2, 0) is 0 Å². The van der Waals surface area contributed by atoms with Crippen molar-refractivity contribution >= 4 is 28.7 Å². The van der Waals surface area contributed by atoms with E-state index >= 15 is 0 Å². The van der Waals surface area contributed by atoms with Gasteiger partial charge in [-0.1, -0.05) is 35.9 Å². The van der Waals surface area contributed by atoms with E-state index in [9.17, 15) is 14.9 Å². The van der Waals surface area contributed by atoms with E-state index in [-0.39, 0.29) is 11.2 Å². The van der Waals surface area contributed by atoms with Gasteiger partial charge in [-0.05, 0) is 48.9 Å². The fourth-order valence-corrected chi connectivity index (χ4v) is 3.28.